The van der Waals surface area contributed by atoms with E-state index in [1.54, 1.807) is 18.2 Å². The highest BCUT2D eigenvalue weighted by molar-refractivity contribution is 7.88. The molecule has 1 rings (SSSR count). The standard InChI is InChI=1S/C8H8Cl2N2O2S/c1-15(13,14)12-11-5-6-2-3-7(9)4-8(6)10/h2-5,12H,1H3. The van der Waals surface area contributed by atoms with Crippen molar-refractivity contribution < 1.29 is 8.42 Å². The molecule has 1 aromatic rings. The molecular formula is C8H8Cl2N2O2S. The summed E-state index contributed by atoms with van der Waals surface area (Å²) in [6.07, 6.45) is 2.31. The summed E-state index contributed by atoms with van der Waals surface area (Å²) >= 11 is 11.5. The first-order valence-corrected chi connectivity index (χ1v) is 6.48. The first-order valence-electron chi connectivity index (χ1n) is 3.83. The maximum absolute atomic E-state index is 10.7. The number of rotatable bonds is 3. The van der Waals surface area contributed by atoms with Gasteiger partial charge in [0.1, 0.15) is 0 Å². The number of nitrogens with one attached hydrogen (secondary N) is 1. The first-order chi connectivity index (χ1) is 6.88. The van der Waals surface area contributed by atoms with Crippen LogP contribution < -0.4 is 4.83 Å². The molecule has 0 amide bonds. The van der Waals surface area contributed by atoms with Crippen LogP contribution in [0.5, 0.6) is 0 Å². The summed E-state index contributed by atoms with van der Waals surface area (Å²) in [6, 6.07) is 4.82. The van der Waals surface area contributed by atoms with E-state index in [1.807, 2.05) is 4.83 Å². The molecule has 0 heterocycles. The van der Waals surface area contributed by atoms with E-state index in [4.69, 9.17) is 23.2 Å². The highest BCUT2D eigenvalue weighted by Gasteiger charge is 1.99. The first kappa shape index (κ1) is 12.3. The Hall–Kier alpha value is -0.780. The summed E-state index contributed by atoms with van der Waals surface area (Å²) in [5.41, 5.74) is 0.581. The molecule has 0 aliphatic carbocycles. The molecule has 0 unspecified atom stereocenters. The monoisotopic (exact) mass is 266 g/mol. The normalized spacial score (nSPS) is 11.9. The van der Waals surface area contributed by atoms with Crippen LogP contribution in [0.1, 0.15) is 5.56 Å². The minimum atomic E-state index is -3.33. The Morgan fingerprint density at radius 1 is 1.40 bits per heavy atom. The molecule has 0 saturated carbocycles. The van der Waals surface area contributed by atoms with Crippen LogP contribution >= 0.6 is 23.2 Å². The molecule has 1 N–H and O–H groups in total. The van der Waals surface area contributed by atoms with Gasteiger partial charge >= 0.3 is 0 Å². The van der Waals surface area contributed by atoms with Crippen molar-refractivity contribution in [3.05, 3.63) is 33.8 Å². The summed E-state index contributed by atoms with van der Waals surface area (Å²) in [6.45, 7) is 0. The highest BCUT2D eigenvalue weighted by Crippen LogP contribution is 2.19. The minimum absolute atomic E-state index is 0.404. The molecule has 0 spiro atoms. The van der Waals surface area contributed by atoms with Crippen molar-refractivity contribution in [2.75, 3.05) is 6.26 Å². The fourth-order valence-electron chi connectivity index (χ4n) is 0.798. The van der Waals surface area contributed by atoms with Gasteiger partial charge in [0.25, 0.3) is 0 Å². The number of halogens is 2. The lowest BCUT2D eigenvalue weighted by molar-refractivity contribution is 0.591. The third-order valence-corrected chi connectivity index (χ3v) is 2.38. The lowest BCUT2D eigenvalue weighted by Crippen LogP contribution is -2.15. The van der Waals surface area contributed by atoms with Crippen LogP contribution in [0.15, 0.2) is 23.3 Å². The van der Waals surface area contributed by atoms with Gasteiger partial charge < -0.3 is 0 Å². The van der Waals surface area contributed by atoms with Crippen LogP contribution in [-0.4, -0.2) is 20.9 Å². The smallest absolute Gasteiger partial charge is 0.206 e. The maximum atomic E-state index is 10.7. The van der Waals surface area contributed by atoms with Crippen LogP contribution in [0.25, 0.3) is 0 Å². The number of benzene rings is 1. The van der Waals surface area contributed by atoms with Crippen LogP contribution in [-0.2, 0) is 10.0 Å². The van der Waals surface area contributed by atoms with Crippen molar-refractivity contribution in [1.29, 1.82) is 0 Å². The average Bonchev–Trinajstić information content (AvgIpc) is 2.07. The van der Waals surface area contributed by atoms with Gasteiger partial charge in [-0.15, -0.1) is 0 Å². The molecule has 7 heteroatoms. The van der Waals surface area contributed by atoms with Crippen LogP contribution in [0.4, 0.5) is 0 Å². The Labute approximate surface area is 97.9 Å². The summed E-state index contributed by atoms with van der Waals surface area (Å²) in [5.74, 6) is 0. The molecule has 1 aromatic carbocycles. The van der Waals surface area contributed by atoms with E-state index < -0.39 is 10.0 Å². The molecule has 0 aliphatic heterocycles. The summed E-state index contributed by atoms with van der Waals surface area (Å²) in [4.78, 5) is 1.96. The fourth-order valence-corrected chi connectivity index (χ4v) is 1.50. The Balaban J connectivity index is 2.82. The predicted molar refractivity (Wildman–Crippen MR) is 62.0 cm³/mol. The third kappa shape index (κ3) is 4.51. The zero-order chi connectivity index (χ0) is 11.5. The lowest BCUT2D eigenvalue weighted by Gasteiger charge is -1.98. The van der Waals surface area contributed by atoms with Crippen molar-refractivity contribution in [2.24, 2.45) is 5.10 Å². The van der Waals surface area contributed by atoms with E-state index in [1.165, 1.54) is 6.21 Å². The molecule has 15 heavy (non-hydrogen) atoms. The van der Waals surface area contributed by atoms with Crippen molar-refractivity contribution in [3.8, 4) is 0 Å². The second-order valence-electron chi connectivity index (χ2n) is 2.79. The molecule has 0 bridgehead atoms. The van der Waals surface area contributed by atoms with E-state index >= 15 is 0 Å². The van der Waals surface area contributed by atoms with Crippen molar-refractivity contribution >= 4 is 39.4 Å². The Morgan fingerprint density at radius 3 is 2.60 bits per heavy atom. The van der Waals surface area contributed by atoms with Gasteiger partial charge in [0.15, 0.2) is 0 Å². The van der Waals surface area contributed by atoms with Gasteiger partial charge in [-0.3, -0.25) is 0 Å². The third-order valence-electron chi connectivity index (χ3n) is 1.38. The molecular weight excluding hydrogens is 259 g/mol. The zero-order valence-electron chi connectivity index (χ0n) is 7.74. The molecule has 0 atom stereocenters. The second-order valence-corrected chi connectivity index (χ2v) is 5.36. The minimum Gasteiger partial charge on any atom is -0.206 e. The Bertz CT molecular complexity index is 485. The van der Waals surface area contributed by atoms with Crippen LogP contribution in [0.2, 0.25) is 10.0 Å². The largest absolute Gasteiger partial charge is 0.244 e. The topological polar surface area (TPSA) is 58.5 Å². The fraction of sp³-hybridized carbons (Fsp3) is 0.125. The van der Waals surface area contributed by atoms with E-state index in [2.05, 4.69) is 5.10 Å². The number of sulfonamides is 1. The maximum Gasteiger partial charge on any atom is 0.244 e. The van der Waals surface area contributed by atoms with Gasteiger partial charge in [-0.2, -0.15) is 5.10 Å². The van der Waals surface area contributed by atoms with Crippen LogP contribution in [0, 0.1) is 0 Å². The summed E-state index contributed by atoms with van der Waals surface area (Å²) in [5, 5.41) is 4.42. The zero-order valence-corrected chi connectivity index (χ0v) is 10.1. The van der Waals surface area contributed by atoms with Crippen LogP contribution in [0.3, 0.4) is 0 Å². The van der Waals surface area contributed by atoms with Crippen molar-refractivity contribution in [3.63, 3.8) is 0 Å². The number of hydrazone groups is 1. The number of hydrogen-bond acceptors (Lipinski definition) is 3. The van der Waals surface area contributed by atoms with Gasteiger partial charge in [-0.25, -0.2) is 13.2 Å². The van der Waals surface area contributed by atoms with Crippen molar-refractivity contribution in [1.82, 2.24) is 4.83 Å². The summed E-state index contributed by atoms with van der Waals surface area (Å²) < 4.78 is 21.4. The second kappa shape index (κ2) is 4.83. The van der Waals surface area contributed by atoms with Gasteiger partial charge in [-0.1, -0.05) is 29.3 Å². The van der Waals surface area contributed by atoms with E-state index in [9.17, 15) is 8.42 Å². The van der Waals surface area contributed by atoms with Crippen molar-refractivity contribution in [2.45, 2.75) is 0 Å². The average molecular weight is 267 g/mol. The molecule has 0 fully saturated rings. The Kier molecular flexibility index (Phi) is 3.96. The molecule has 0 saturated heterocycles. The quantitative estimate of drug-likeness (QED) is 0.671. The van der Waals surface area contributed by atoms with Gasteiger partial charge in [0, 0.05) is 10.6 Å². The SMILES string of the molecule is CS(=O)(=O)NN=Cc1ccc(Cl)cc1Cl. The molecule has 82 valence electrons. The molecule has 0 aliphatic rings. The van der Waals surface area contributed by atoms with Gasteiger partial charge in [-0.05, 0) is 12.1 Å². The highest BCUT2D eigenvalue weighted by atomic mass is 35.5. The predicted octanol–water partition coefficient (Wildman–Crippen LogP) is 1.88. The van der Waals surface area contributed by atoms with Gasteiger partial charge in [0.2, 0.25) is 10.0 Å². The lowest BCUT2D eigenvalue weighted by atomic mass is 10.2. The summed E-state index contributed by atoms with van der Waals surface area (Å²) in [7, 11) is -3.33. The number of hydrogen-bond donors (Lipinski definition) is 1. The molecule has 4 nitrogen and oxygen atoms in total. The molecule has 0 radical (unpaired) electrons. The Morgan fingerprint density at radius 2 is 2.07 bits per heavy atom. The van der Waals surface area contributed by atoms with E-state index in [-0.39, 0.29) is 0 Å². The number of nitrogens with zero attached hydrogens (tertiary/aromatic N) is 1. The molecule has 0 aromatic heterocycles. The van der Waals surface area contributed by atoms with E-state index in [0.29, 0.717) is 15.6 Å². The van der Waals surface area contributed by atoms with Gasteiger partial charge in [0.05, 0.1) is 17.5 Å². The van der Waals surface area contributed by atoms with E-state index in [0.717, 1.165) is 6.26 Å².